The summed E-state index contributed by atoms with van der Waals surface area (Å²) in [5.41, 5.74) is 2.82. The fourth-order valence-corrected chi connectivity index (χ4v) is 4.92. The molecule has 0 fully saturated rings. The topological polar surface area (TPSA) is 60.0 Å². The van der Waals surface area contributed by atoms with Crippen LogP contribution in [0.25, 0.3) is 38.3 Å². The predicted molar refractivity (Wildman–Crippen MR) is 125 cm³/mol. The van der Waals surface area contributed by atoms with E-state index in [2.05, 4.69) is 4.98 Å². The number of aliphatic carboxylic acids is 1. The van der Waals surface area contributed by atoms with E-state index < -0.39 is 17.0 Å². The maximum atomic E-state index is 13.7. The first-order chi connectivity index (χ1) is 16.3. The van der Waals surface area contributed by atoms with E-state index in [4.69, 9.17) is 5.11 Å². The third-order valence-corrected chi connectivity index (χ3v) is 6.73. The number of imidazole rings is 1. The molecule has 0 radical (unpaired) electrons. The summed E-state index contributed by atoms with van der Waals surface area (Å²) in [4.78, 5) is 15.0. The molecule has 3 heterocycles. The fourth-order valence-electron chi connectivity index (χ4n) is 3.91. The van der Waals surface area contributed by atoms with Gasteiger partial charge >= 0.3 is 12.1 Å². The Balaban J connectivity index is 1.48. The predicted octanol–water partition coefficient (Wildman–Crippen LogP) is 6.72. The van der Waals surface area contributed by atoms with E-state index in [0.717, 1.165) is 16.6 Å². The van der Waals surface area contributed by atoms with Crippen LogP contribution in [0.15, 0.2) is 79.4 Å². The first-order valence-electron chi connectivity index (χ1n) is 10.4. The molecule has 5 rings (SSSR count). The SMILES string of the molecule is O=C(O)CCn1ccc2cc(-n3cnc(-c4cc(-c5ccccc5)c(C(F)(F)F)s4)c3)ccc21. The third-order valence-electron chi connectivity index (χ3n) is 5.53. The second-order valence-electron chi connectivity index (χ2n) is 7.78. The zero-order chi connectivity index (χ0) is 23.9. The highest BCUT2D eigenvalue weighted by Crippen LogP contribution is 2.45. The minimum Gasteiger partial charge on any atom is -0.481 e. The van der Waals surface area contributed by atoms with Gasteiger partial charge in [-0.05, 0) is 35.9 Å². The van der Waals surface area contributed by atoms with Gasteiger partial charge in [0.2, 0.25) is 0 Å². The van der Waals surface area contributed by atoms with Crippen molar-refractivity contribution >= 4 is 28.2 Å². The number of nitrogens with zero attached hydrogens (tertiary/aromatic N) is 3. The zero-order valence-electron chi connectivity index (χ0n) is 17.7. The average molecular weight is 481 g/mol. The monoisotopic (exact) mass is 481 g/mol. The summed E-state index contributed by atoms with van der Waals surface area (Å²) in [6.45, 7) is 0.372. The van der Waals surface area contributed by atoms with Gasteiger partial charge in [0.25, 0.3) is 0 Å². The van der Waals surface area contributed by atoms with Crippen molar-refractivity contribution in [1.82, 2.24) is 14.1 Å². The molecule has 0 bridgehead atoms. The average Bonchev–Trinajstić information content (AvgIpc) is 3.55. The van der Waals surface area contributed by atoms with Crippen molar-refractivity contribution in [3.63, 3.8) is 0 Å². The van der Waals surface area contributed by atoms with Crippen molar-refractivity contribution in [3.05, 3.63) is 84.3 Å². The van der Waals surface area contributed by atoms with Crippen molar-refractivity contribution in [2.45, 2.75) is 19.1 Å². The lowest BCUT2D eigenvalue weighted by atomic mass is 10.1. The number of carboxylic acid groups (broad SMARTS) is 1. The summed E-state index contributed by atoms with van der Waals surface area (Å²) in [5, 5.41) is 9.85. The summed E-state index contributed by atoms with van der Waals surface area (Å²) in [5.74, 6) is -0.859. The van der Waals surface area contributed by atoms with Crippen molar-refractivity contribution in [2.75, 3.05) is 0 Å². The maximum absolute atomic E-state index is 13.7. The number of fused-ring (bicyclic) bond motifs is 1. The Bertz CT molecular complexity index is 1480. The number of aryl methyl sites for hydroxylation is 1. The van der Waals surface area contributed by atoms with Gasteiger partial charge in [0, 0.05) is 41.1 Å². The van der Waals surface area contributed by atoms with Gasteiger partial charge in [-0.3, -0.25) is 4.79 Å². The smallest absolute Gasteiger partial charge is 0.426 e. The minimum atomic E-state index is -4.46. The highest BCUT2D eigenvalue weighted by molar-refractivity contribution is 7.16. The van der Waals surface area contributed by atoms with Gasteiger partial charge in [0.1, 0.15) is 4.88 Å². The standard InChI is InChI=1S/C25H18F3N3O2S/c26-25(27,28)24-19(16-4-2-1-3-5-16)13-22(34-24)20-14-31(15-29-20)18-6-7-21-17(12-18)8-10-30(21)11-9-23(32)33/h1-8,10,12-15H,9,11H2,(H,32,33). The van der Waals surface area contributed by atoms with Crippen LogP contribution in [0.5, 0.6) is 0 Å². The summed E-state index contributed by atoms with van der Waals surface area (Å²) in [7, 11) is 0. The summed E-state index contributed by atoms with van der Waals surface area (Å²) >= 11 is 0.684. The normalized spacial score (nSPS) is 11.9. The number of carboxylic acids is 1. The number of benzene rings is 2. The van der Waals surface area contributed by atoms with Gasteiger partial charge in [0.05, 0.1) is 23.3 Å². The molecule has 3 aromatic heterocycles. The van der Waals surface area contributed by atoms with E-state index in [1.165, 1.54) is 0 Å². The highest BCUT2D eigenvalue weighted by atomic mass is 32.1. The highest BCUT2D eigenvalue weighted by Gasteiger charge is 2.36. The molecule has 172 valence electrons. The largest absolute Gasteiger partial charge is 0.481 e. The van der Waals surface area contributed by atoms with Crippen molar-refractivity contribution < 1.29 is 23.1 Å². The Morgan fingerprint density at radius 1 is 1.06 bits per heavy atom. The van der Waals surface area contributed by atoms with Gasteiger partial charge in [-0.25, -0.2) is 4.98 Å². The molecular formula is C25H18F3N3O2S. The van der Waals surface area contributed by atoms with Crippen LogP contribution >= 0.6 is 11.3 Å². The number of rotatable bonds is 6. The van der Waals surface area contributed by atoms with Crippen molar-refractivity contribution in [1.29, 1.82) is 0 Å². The van der Waals surface area contributed by atoms with E-state index in [1.807, 2.05) is 35.0 Å². The molecule has 9 heteroatoms. The number of hydrogen-bond acceptors (Lipinski definition) is 3. The number of aromatic nitrogens is 3. The first-order valence-corrected chi connectivity index (χ1v) is 11.2. The lowest BCUT2D eigenvalue weighted by Crippen LogP contribution is -2.03. The molecule has 0 aliphatic heterocycles. The van der Waals surface area contributed by atoms with E-state index in [0.29, 0.717) is 34.0 Å². The van der Waals surface area contributed by atoms with Gasteiger partial charge in [-0.15, -0.1) is 11.3 Å². The lowest BCUT2D eigenvalue weighted by Gasteiger charge is -2.07. The van der Waals surface area contributed by atoms with Crippen LogP contribution in [-0.2, 0) is 17.5 Å². The van der Waals surface area contributed by atoms with Crippen LogP contribution in [0.3, 0.4) is 0 Å². The molecule has 0 aliphatic carbocycles. The van der Waals surface area contributed by atoms with Crippen LogP contribution < -0.4 is 0 Å². The molecule has 34 heavy (non-hydrogen) atoms. The van der Waals surface area contributed by atoms with Gasteiger partial charge < -0.3 is 14.2 Å². The Labute approximate surface area is 196 Å². The minimum absolute atomic E-state index is 0.0299. The van der Waals surface area contributed by atoms with Gasteiger partial charge in [-0.1, -0.05) is 30.3 Å². The fraction of sp³-hybridized carbons (Fsp3) is 0.120. The molecule has 2 aromatic carbocycles. The summed E-state index contributed by atoms with van der Waals surface area (Å²) in [6.07, 6.45) is 0.695. The quantitative estimate of drug-likeness (QED) is 0.293. The van der Waals surface area contributed by atoms with Crippen LogP contribution in [0.1, 0.15) is 11.3 Å². The Hall–Kier alpha value is -3.85. The Morgan fingerprint density at radius 3 is 2.59 bits per heavy atom. The molecule has 0 unspecified atom stereocenters. The van der Waals surface area contributed by atoms with E-state index >= 15 is 0 Å². The number of carbonyl (C=O) groups is 1. The third kappa shape index (κ3) is 4.22. The number of hydrogen-bond donors (Lipinski definition) is 1. The molecule has 0 spiro atoms. The molecule has 5 aromatic rings. The molecule has 1 N–H and O–H groups in total. The van der Waals surface area contributed by atoms with E-state index in [-0.39, 0.29) is 12.0 Å². The molecular weight excluding hydrogens is 463 g/mol. The van der Waals surface area contributed by atoms with Crippen LogP contribution in [-0.4, -0.2) is 25.2 Å². The Kier molecular flexibility index (Phi) is 5.49. The maximum Gasteiger partial charge on any atom is 0.426 e. The first kappa shape index (κ1) is 22.0. The van der Waals surface area contributed by atoms with Crippen molar-refractivity contribution in [3.8, 4) is 27.4 Å². The van der Waals surface area contributed by atoms with Gasteiger partial charge in [0.15, 0.2) is 0 Å². The molecule has 0 saturated heterocycles. The second-order valence-corrected chi connectivity index (χ2v) is 8.83. The lowest BCUT2D eigenvalue weighted by molar-refractivity contribution is -0.137. The van der Waals surface area contributed by atoms with Crippen LogP contribution in [0.4, 0.5) is 13.2 Å². The number of alkyl halides is 3. The Morgan fingerprint density at radius 2 is 1.85 bits per heavy atom. The number of halogens is 3. The molecule has 5 nitrogen and oxygen atoms in total. The summed E-state index contributed by atoms with van der Waals surface area (Å²) in [6, 6.07) is 17.7. The molecule has 0 atom stereocenters. The molecule has 0 amide bonds. The van der Waals surface area contributed by atoms with E-state index in [1.54, 1.807) is 53.5 Å². The van der Waals surface area contributed by atoms with Gasteiger partial charge in [-0.2, -0.15) is 13.2 Å². The zero-order valence-corrected chi connectivity index (χ0v) is 18.5. The van der Waals surface area contributed by atoms with Crippen LogP contribution in [0, 0.1) is 0 Å². The van der Waals surface area contributed by atoms with Crippen molar-refractivity contribution in [2.24, 2.45) is 0 Å². The second kappa shape index (κ2) is 8.49. The van der Waals surface area contributed by atoms with Crippen LogP contribution in [0.2, 0.25) is 0 Å². The number of thiophene rings is 1. The van der Waals surface area contributed by atoms with E-state index in [9.17, 15) is 18.0 Å². The molecule has 0 saturated carbocycles. The molecule has 0 aliphatic rings. The summed E-state index contributed by atoms with van der Waals surface area (Å²) < 4.78 is 44.8.